The Hall–Kier alpha value is -3.68. The van der Waals surface area contributed by atoms with Crippen molar-refractivity contribution in [3.8, 4) is 11.3 Å². The quantitative estimate of drug-likeness (QED) is 0.535. The number of hydrogen-bond donors (Lipinski definition) is 2. The maximum atomic E-state index is 14.3. The predicted molar refractivity (Wildman–Crippen MR) is 102 cm³/mol. The lowest BCUT2D eigenvalue weighted by Gasteiger charge is -2.07. The standard InChI is InChI=1S/C21H15F3N4O/c22-14-3-1-12(2-4-14)19-16(17-7-15(23)8-18(24)20(17)28-19)5-6-27-21(29)13-9-25-11-26-10-13/h1-4,7-11,28H,5-6H2,(H,27,29). The Kier molecular flexibility index (Phi) is 4.99. The van der Waals surface area contributed by atoms with Crippen molar-refractivity contribution in [1.29, 1.82) is 0 Å². The van der Waals surface area contributed by atoms with Crippen LogP contribution >= 0.6 is 0 Å². The number of amides is 1. The van der Waals surface area contributed by atoms with Gasteiger partial charge in [0, 0.05) is 36.1 Å². The minimum absolute atomic E-state index is 0.156. The molecule has 0 spiro atoms. The molecule has 4 aromatic rings. The van der Waals surface area contributed by atoms with Crippen molar-refractivity contribution < 1.29 is 18.0 Å². The first-order valence-corrected chi connectivity index (χ1v) is 8.81. The lowest BCUT2D eigenvalue weighted by Crippen LogP contribution is -2.26. The molecular weight excluding hydrogens is 381 g/mol. The molecule has 2 N–H and O–H groups in total. The summed E-state index contributed by atoms with van der Waals surface area (Å²) in [5.74, 6) is -2.18. The van der Waals surface area contributed by atoms with Crippen LogP contribution in [-0.2, 0) is 6.42 Å². The molecule has 8 heteroatoms. The number of aromatic amines is 1. The zero-order valence-electron chi connectivity index (χ0n) is 15.0. The molecule has 5 nitrogen and oxygen atoms in total. The van der Waals surface area contributed by atoms with Gasteiger partial charge in [0.2, 0.25) is 0 Å². The minimum atomic E-state index is -0.722. The van der Waals surface area contributed by atoms with Gasteiger partial charge in [-0.25, -0.2) is 23.1 Å². The Bertz CT molecular complexity index is 1170. The zero-order chi connectivity index (χ0) is 20.4. The van der Waals surface area contributed by atoms with Crippen LogP contribution in [0.15, 0.2) is 55.1 Å². The number of carbonyl (C=O) groups is 1. The van der Waals surface area contributed by atoms with Crippen LogP contribution in [0.5, 0.6) is 0 Å². The third-order valence-electron chi connectivity index (χ3n) is 4.55. The molecule has 0 saturated heterocycles. The first-order valence-electron chi connectivity index (χ1n) is 8.81. The predicted octanol–water partition coefficient (Wildman–Crippen LogP) is 4.01. The van der Waals surface area contributed by atoms with Crippen molar-refractivity contribution in [1.82, 2.24) is 20.3 Å². The number of fused-ring (bicyclic) bond motifs is 1. The zero-order valence-corrected chi connectivity index (χ0v) is 15.0. The van der Waals surface area contributed by atoms with Crippen LogP contribution in [-0.4, -0.2) is 27.4 Å². The molecule has 0 aliphatic rings. The van der Waals surface area contributed by atoms with E-state index in [1.165, 1.54) is 36.9 Å². The molecule has 0 radical (unpaired) electrons. The van der Waals surface area contributed by atoms with E-state index in [1.54, 1.807) is 12.1 Å². The fourth-order valence-corrected chi connectivity index (χ4v) is 3.22. The van der Waals surface area contributed by atoms with Gasteiger partial charge >= 0.3 is 0 Å². The van der Waals surface area contributed by atoms with Gasteiger partial charge in [0.05, 0.1) is 11.1 Å². The fraction of sp³-hybridized carbons (Fsp3) is 0.0952. The summed E-state index contributed by atoms with van der Waals surface area (Å²) in [4.78, 5) is 22.7. The largest absolute Gasteiger partial charge is 0.352 e. The third kappa shape index (κ3) is 3.82. The highest BCUT2D eigenvalue weighted by atomic mass is 19.1. The third-order valence-corrected chi connectivity index (χ3v) is 4.55. The van der Waals surface area contributed by atoms with Gasteiger partial charge < -0.3 is 10.3 Å². The lowest BCUT2D eigenvalue weighted by atomic mass is 10.0. The molecule has 146 valence electrons. The van der Waals surface area contributed by atoms with E-state index in [1.807, 2.05) is 0 Å². The van der Waals surface area contributed by atoms with Crippen LogP contribution in [0.3, 0.4) is 0 Å². The summed E-state index contributed by atoms with van der Waals surface area (Å²) in [5.41, 5.74) is 2.25. The SMILES string of the molecule is O=C(NCCc1c(-c2ccc(F)cc2)[nH]c2c(F)cc(F)cc12)c1cncnc1. The van der Waals surface area contributed by atoms with Crippen molar-refractivity contribution in [2.75, 3.05) is 6.54 Å². The van der Waals surface area contributed by atoms with Crippen molar-refractivity contribution in [3.63, 3.8) is 0 Å². The van der Waals surface area contributed by atoms with Gasteiger partial charge in [-0.1, -0.05) is 0 Å². The van der Waals surface area contributed by atoms with Crippen molar-refractivity contribution in [2.45, 2.75) is 6.42 Å². The number of nitrogens with zero attached hydrogens (tertiary/aromatic N) is 2. The maximum absolute atomic E-state index is 14.3. The summed E-state index contributed by atoms with van der Waals surface area (Å²) >= 11 is 0. The highest BCUT2D eigenvalue weighted by Crippen LogP contribution is 2.32. The van der Waals surface area contributed by atoms with Crippen LogP contribution in [0.4, 0.5) is 13.2 Å². The van der Waals surface area contributed by atoms with Gasteiger partial charge in [-0.15, -0.1) is 0 Å². The second-order valence-electron chi connectivity index (χ2n) is 6.43. The van der Waals surface area contributed by atoms with Crippen molar-refractivity contribution in [2.24, 2.45) is 0 Å². The molecule has 0 bridgehead atoms. The van der Waals surface area contributed by atoms with Crippen LogP contribution in [0.25, 0.3) is 22.2 Å². The summed E-state index contributed by atoms with van der Waals surface area (Å²) in [6.07, 6.45) is 4.40. The molecule has 0 atom stereocenters. The van der Waals surface area contributed by atoms with Gasteiger partial charge in [0.1, 0.15) is 23.8 Å². The summed E-state index contributed by atoms with van der Waals surface area (Å²) in [7, 11) is 0. The average molecular weight is 396 g/mol. The van der Waals surface area contributed by atoms with E-state index in [0.29, 0.717) is 34.2 Å². The number of carbonyl (C=O) groups excluding carboxylic acids is 1. The summed E-state index contributed by atoms with van der Waals surface area (Å²) in [5, 5.41) is 3.11. The highest BCUT2D eigenvalue weighted by molar-refractivity contribution is 5.94. The first-order chi connectivity index (χ1) is 14.0. The van der Waals surface area contributed by atoms with Crippen LogP contribution in [0, 0.1) is 17.5 Å². The van der Waals surface area contributed by atoms with Gasteiger partial charge in [0.15, 0.2) is 0 Å². The molecule has 0 unspecified atom stereocenters. The maximum Gasteiger partial charge on any atom is 0.254 e. The van der Waals surface area contributed by atoms with Crippen LogP contribution in [0.2, 0.25) is 0 Å². The van der Waals surface area contributed by atoms with E-state index in [9.17, 15) is 18.0 Å². The molecule has 1 amide bonds. The van der Waals surface area contributed by atoms with E-state index >= 15 is 0 Å². The summed E-state index contributed by atoms with van der Waals surface area (Å²) in [6.45, 7) is 0.215. The number of aromatic nitrogens is 3. The van der Waals surface area contributed by atoms with Gasteiger partial charge in [-0.2, -0.15) is 0 Å². The highest BCUT2D eigenvalue weighted by Gasteiger charge is 2.17. The molecule has 0 aliphatic heterocycles. The molecule has 0 aliphatic carbocycles. The van der Waals surface area contributed by atoms with Crippen molar-refractivity contribution in [3.05, 3.63) is 83.7 Å². The Morgan fingerprint density at radius 3 is 2.45 bits per heavy atom. The number of benzene rings is 2. The lowest BCUT2D eigenvalue weighted by molar-refractivity contribution is 0.0953. The normalized spacial score (nSPS) is 11.0. The molecular formula is C21H15F3N4O. The minimum Gasteiger partial charge on any atom is -0.352 e. The van der Waals surface area contributed by atoms with Crippen molar-refractivity contribution >= 4 is 16.8 Å². The molecule has 2 aromatic carbocycles. The summed E-state index contributed by atoms with van der Waals surface area (Å²) < 4.78 is 41.4. The average Bonchev–Trinajstić information content (AvgIpc) is 3.08. The van der Waals surface area contributed by atoms with Crippen LogP contribution in [0.1, 0.15) is 15.9 Å². The summed E-state index contributed by atoms with van der Waals surface area (Å²) in [6, 6.07) is 7.73. The number of nitrogens with one attached hydrogen (secondary N) is 2. The first kappa shape index (κ1) is 18.7. The molecule has 0 fully saturated rings. The Morgan fingerprint density at radius 2 is 1.72 bits per heavy atom. The van der Waals surface area contributed by atoms with E-state index in [4.69, 9.17) is 0 Å². The van der Waals surface area contributed by atoms with Crippen LogP contribution < -0.4 is 5.32 Å². The molecule has 29 heavy (non-hydrogen) atoms. The van der Waals surface area contributed by atoms with E-state index in [0.717, 1.165) is 6.07 Å². The number of rotatable bonds is 5. The number of H-pyrrole nitrogens is 1. The Balaban J connectivity index is 1.67. The molecule has 2 heterocycles. The molecule has 0 saturated carbocycles. The number of hydrogen-bond acceptors (Lipinski definition) is 3. The Morgan fingerprint density at radius 1 is 1.00 bits per heavy atom. The van der Waals surface area contributed by atoms with Gasteiger partial charge in [-0.05, 0) is 47.9 Å². The topological polar surface area (TPSA) is 70.7 Å². The molecule has 4 rings (SSSR count). The second-order valence-corrected chi connectivity index (χ2v) is 6.43. The Labute approximate surface area is 163 Å². The monoisotopic (exact) mass is 396 g/mol. The van der Waals surface area contributed by atoms with Gasteiger partial charge in [-0.3, -0.25) is 4.79 Å². The number of halogens is 3. The second kappa shape index (κ2) is 7.75. The smallest absolute Gasteiger partial charge is 0.254 e. The van der Waals surface area contributed by atoms with E-state index < -0.39 is 17.5 Å². The fourth-order valence-electron chi connectivity index (χ4n) is 3.22. The van der Waals surface area contributed by atoms with E-state index in [-0.39, 0.29) is 18.0 Å². The van der Waals surface area contributed by atoms with Gasteiger partial charge in [0.25, 0.3) is 5.91 Å². The molecule has 2 aromatic heterocycles. The van der Waals surface area contributed by atoms with E-state index in [2.05, 4.69) is 20.3 Å².